The standard InChI is InChI=1S/C15H14ClN3O3S/c1-22-12-6-5-8(16)7-10(12)17-14(21)19-15-18-9-3-2-4-11(20)13(9)23-15/h5-7H,2-4H2,1H3,(H2,17,18,19,21). The molecule has 0 unspecified atom stereocenters. The fourth-order valence-corrected chi connectivity index (χ4v) is 3.50. The summed E-state index contributed by atoms with van der Waals surface area (Å²) in [6.45, 7) is 0. The third-order valence-electron chi connectivity index (χ3n) is 3.40. The summed E-state index contributed by atoms with van der Waals surface area (Å²) in [5.74, 6) is 0.590. The minimum Gasteiger partial charge on any atom is -0.495 e. The van der Waals surface area contributed by atoms with Crippen LogP contribution in [0.15, 0.2) is 18.2 Å². The summed E-state index contributed by atoms with van der Waals surface area (Å²) in [4.78, 5) is 28.9. The van der Waals surface area contributed by atoms with Crippen LogP contribution >= 0.6 is 22.9 Å². The summed E-state index contributed by atoms with van der Waals surface area (Å²) in [6.07, 6.45) is 2.12. The average Bonchev–Trinajstić information content (AvgIpc) is 2.91. The number of aryl methyl sites for hydroxylation is 1. The Kier molecular flexibility index (Phi) is 4.49. The first-order valence-electron chi connectivity index (χ1n) is 7.01. The largest absolute Gasteiger partial charge is 0.495 e. The van der Waals surface area contributed by atoms with Crippen LogP contribution in [0, 0.1) is 0 Å². The molecule has 3 rings (SSSR count). The molecule has 2 aromatic rings. The number of anilines is 2. The number of hydrogen-bond acceptors (Lipinski definition) is 5. The van der Waals surface area contributed by atoms with Crippen molar-refractivity contribution in [2.24, 2.45) is 0 Å². The predicted octanol–water partition coefficient (Wildman–Crippen LogP) is 3.97. The zero-order valence-electron chi connectivity index (χ0n) is 12.3. The fourth-order valence-electron chi connectivity index (χ4n) is 2.35. The van der Waals surface area contributed by atoms with Crippen molar-refractivity contribution >= 4 is 45.6 Å². The predicted molar refractivity (Wildman–Crippen MR) is 90.0 cm³/mol. The van der Waals surface area contributed by atoms with Gasteiger partial charge in [0.05, 0.1) is 23.4 Å². The third kappa shape index (κ3) is 3.46. The maximum atomic E-state index is 12.1. The zero-order valence-corrected chi connectivity index (χ0v) is 13.9. The van der Waals surface area contributed by atoms with Gasteiger partial charge in [0.1, 0.15) is 5.75 Å². The number of nitrogens with zero attached hydrogens (tertiary/aromatic N) is 1. The quantitative estimate of drug-likeness (QED) is 0.876. The van der Waals surface area contributed by atoms with Crippen LogP contribution in [0.5, 0.6) is 5.75 Å². The van der Waals surface area contributed by atoms with E-state index in [1.807, 2.05) is 0 Å². The van der Waals surface area contributed by atoms with E-state index in [0.717, 1.165) is 18.5 Å². The summed E-state index contributed by atoms with van der Waals surface area (Å²) in [5.41, 5.74) is 1.22. The van der Waals surface area contributed by atoms with Crippen LogP contribution in [0.1, 0.15) is 28.2 Å². The second-order valence-corrected chi connectivity index (χ2v) is 6.43. The topological polar surface area (TPSA) is 80.3 Å². The summed E-state index contributed by atoms with van der Waals surface area (Å²) >= 11 is 7.13. The molecule has 0 atom stereocenters. The van der Waals surface area contributed by atoms with Crippen molar-refractivity contribution in [3.63, 3.8) is 0 Å². The van der Waals surface area contributed by atoms with Gasteiger partial charge in [-0.25, -0.2) is 9.78 Å². The molecule has 0 bridgehead atoms. The minimum absolute atomic E-state index is 0.0914. The Bertz CT molecular complexity index is 775. The lowest BCUT2D eigenvalue weighted by molar-refractivity contribution is 0.0976. The molecule has 1 aliphatic carbocycles. The number of thiazole rings is 1. The van der Waals surface area contributed by atoms with Crippen LogP contribution in [-0.4, -0.2) is 23.9 Å². The number of carbonyl (C=O) groups excluding carboxylic acids is 2. The van der Waals surface area contributed by atoms with Gasteiger partial charge in [0.15, 0.2) is 10.9 Å². The number of ketones is 1. The highest BCUT2D eigenvalue weighted by Crippen LogP contribution is 2.30. The number of amides is 2. The first-order valence-corrected chi connectivity index (χ1v) is 8.20. The molecule has 8 heteroatoms. The van der Waals surface area contributed by atoms with Crippen molar-refractivity contribution in [3.8, 4) is 5.75 Å². The van der Waals surface area contributed by atoms with Crippen molar-refractivity contribution in [1.82, 2.24) is 4.98 Å². The highest BCUT2D eigenvalue weighted by Gasteiger charge is 2.22. The first-order chi connectivity index (χ1) is 11.1. The fraction of sp³-hybridized carbons (Fsp3) is 0.267. The van der Waals surface area contributed by atoms with Crippen LogP contribution in [0.4, 0.5) is 15.6 Å². The Labute approximate surface area is 141 Å². The number of benzene rings is 1. The minimum atomic E-state index is -0.468. The van der Waals surface area contributed by atoms with Crippen molar-refractivity contribution < 1.29 is 14.3 Å². The molecule has 0 fully saturated rings. The van der Waals surface area contributed by atoms with Crippen LogP contribution in [0.3, 0.4) is 0 Å². The SMILES string of the molecule is COc1ccc(Cl)cc1NC(=O)Nc1nc2c(s1)C(=O)CCC2. The Morgan fingerprint density at radius 2 is 2.17 bits per heavy atom. The number of ether oxygens (including phenoxy) is 1. The van der Waals surface area contributed by atoms with E-state index in [1.165, 1.54) is 18.4 Å². The van der Waals surface area contributed by atoms with Crippen molar-refractivity contribution in [3.05, 3.63) is 33.8 Å². The van der Waals surface area contributed by atoms with E-state index >= 15 is 0 Å². The van der Waals surface area contributed by atoms with E-state index in [2.05, 4.69) is 15.6 Å². The van der Waals surface area contributed by atoms with Crippen molar-refractivity contribution in [2.45, 2.75) is 19.3 Å². The van der Waals surface area contributed by atoms with Gasteiger partial charge in [-0.3, -0.25) is 10.1 Å². The Hall–Kier alpha value is -2.12. The highest BCUT2D eigenvalue weighted by molar-refractivity contribution is 7.17. The summed E-state index contributed by atoms with van der Waals surface area (Å²) in [5, 5.41) is 6.20. The Balaban J connectivity index is 1.73. The number of rotatable bonds is 3. The number of nitrogens with one attached hydrogen (secondary N) is 2. The molecule has 1 heterocycles. The molecular weight excluding hydrogens is 338 g/mol. The lowest BCUT2D eigenvalue weighted by Crippen LogP contribution is -2.19. The van der Waals surface area contributed by atoms with E-state index in [0.29, 0.717) is 32.9 Å². The lowest BCUT2D eigenvalue weighted by Gasteiger charge is -2.10. The van der Waals surface area contributed by atoms with Gasteiger partial charge < -0.3 is 10.1 Å². The molecular formula is C15H14ClN3O3S. The zero-order chi connectivity index (χ0) is 16.4. The smallest absolute Gasteiger partial charge is 0.325 e. The average molecular weight is 352 g/mol. The number of carbonyl (C=O) groups is 2. The maximum absolute atomic E-state index is 12.1. The number of aromatic nitrogens is 1. The van der Waals surface area contributed by atoms with E-state index in [1.54, 1.807) is 18.2 Å². The van der Waals surface area contributed by atoms with Crippen LogP contribution in [0.25, 0.3) is 0 Å². The molecule has 23 heavy (non-hydrogen) atoms. The van der Waals surface area contributed by atoms with E-state index < -0.39 is 6.03 Å². The summed E-state index contributed by atoms with van der Waals surface area (Å²) in [6, 6.07) is 4.46. The second-order valence-electron chi connectivity index (χ2n) is 5.00. The van der Waals surface area contributed by atoms with Crippen LogP contribution < -0.4 is 15.4 Å². The second kappa shape index (κ2) is 6.55. The van der Waals surface area contributed by atoms with E-state index in [-0.39, 0.29) is 5.78 Å². The van der Waals surface area contributed by atoms with E-state index in [4.69, 9.17) is 16.3 Å². The van der Waals surface area contributed by atoms with Gasteiger partial charge in [-0.1, -0.05) is 22.9 Å². The van der Waals surface area contributed by atoms with Gasteiger partial charge in [0.25, 0.3) is 0 Å². The highest BCUT2D eigenvalue weighted by atomic mass is 35.5. The van der Waals surface area contributed by atoms with Crippen LogP contribution in [-0.2, 0) is 6.42 Å². The molecule has 2 N–H and O–H groups in total. The summed E-state index contributed by atoms with van der Waals surface area (Å²) in [7, 11) is 1.51. The number of methoxy groups -OCH3 is 1. The number of fused-ring (bicyclic) bond motifs is 1. The molecule has 0 saturated heterocycles. The molecule has 1 aromatic carbocycles. The summed E-state index contributed by atoms with van der Waals surface area (Å²) < 4.78 is 5.17. The monoisotopic (exact) mass is 351 g/mol. The first kappa shape index (κ1) is 15.8. The van der Waals surface area contributed by atoms with Crippen LogP contribution in [0.2, 0.25) is 5.02 Å². The van der Waals surface area contributed by atoms with Gasteiger partial charge in [-0.15, -0.1) is 0 Å². The van der Waals surface area contributed by atoms with Gasteiger partial charge in [0.2, 0.25) is 0 Å². The number of hydrogen-bond donors (Lipinski definition) is 2. The molecule has 1 aromatic heterocycles. The van der Waals surface area contributed by atoms with Gasteiger partial charge in [-0.2, -0.15) is 0 Å². The van der Waals surface area contributed by atoms with Gasteiger partial charge in [0, 0.05) is 11.4 Å². The molecule has 1 aliphatic rings. The molecule has 6 nitrogen and oxygen atoms in total. The number of Topliss-reactive ketones (excluding diaryl/α,β-unsaturated/α-hetero) is 1. The maximum Gasteiger partial charge on any atom is 0.325 e. The van der Waals surface area contributed by atoms with Crippen molar-refractivity contribution in [2.75, 3.05) is 17.7 Å². The number of halogens is 1. The Morgan fingerprint density at radius 1 is 1.35 bits per heavy atom. The van der Waals surface area contributed by atoms with E-state index in [9.17, 15) is 9.59 Å². The molecule has 0 spiro atoms. The molecule has 0 aliphatic heterocycles. The number of urea groups is 1. The normalized spacial score (nSPS) is 13.4. The molecule has 0 saturated carbocycles. The van der Waals surface area contributed by atoms with Gasteiger partial charge >= 0.3 is 6.03 Å². The molecule has 2 amide bonds. The Morgan fingerprint density at radius 3 is 2.91 bits per heavy atom. The molecule has 0 radical (unpaired) electrons. The molecule has 120 valence electrons. The van der Waals surface area contributed by atoms with Crippen molar-refractivity contribution in [1.29, 1.82) is 0 Å². The van der Waals surface area contributed by atoms with Gasteiger partial charge in [-0.05, 0) is 31.0 Å². The third-order valence-corrected chi connectivity index (χ3v) is 4.69. The lowest BCUT2D eigenvalue weighted by atomic mass is 10.0.